The van der Waals surface area contributed by atoms with Gasteiger partial charge >= 0.3 is 0 Å². The number of amides is 1. The van der Waals surface area contributed by atoms with E-state index < -0.39 is 0 Å². The monoisotopic (exact) mass is 317 g/mol. The van der Waals surface area contributed by atoms with Crippen molar-refractivity contribution in [3.8, 4) is 0 Å². The number of benzene rings is 1. The molecule has 1 aromatic carbocycles. The summed E-state index contributed by atoms with van der Waals surface area (Å²) in [5, 5.41) is 1.77. The maximum Gasteiger partial charge on any atom is 0.245 e. The van der Waals surface area contributed by atoms with Crippen LogP contribution in [0.4, 0.5) is 5.82 Å². The molecule has 1 aliphatic rings. The molecule has 1 amide bonds. The molecule has 0 saturated carbocycles. The van der Waals surface area contributed by atoms with Gasteiger partial charge in [0.05, 0.1) is 5.52 Å². The van der Waals surface area contributed by atoms with E-state index in [1.807, 2.05) is 36.9 Å². The number of likely N-dealkylation sites (N-methyl/N-ethyl adjacent to an activating group) is 1. The Balaban J connectivity index is 2.01. The molecule has 0 radical (unpaired) electrons. The first-order valence-corrected chi connectivity index (χ1v) is 8.01. The highest BCUT2D eigenvalue weighted by molar-refractivity contribution is 6.31. The van der Waals surface area contributed by atoms with Gasteiger partial charge in [0.25, 0.3) is 0 Å². The van der Waals surface area contributed by atoms with Crippen molar-refractivity contribution in [2.45, 2.75) is 26.8 Å². The van der Waals surface area contributed by atoms with E-state index in [0.717, 1.165) is 41.9 Å². The van der Waals surface area contributed by atoms with Crippen molar-refractivity contribution < 1.29 is 4.79 Å². The summed E-state index contributed by atoms with van der Waals surface area (Å²) in [5.74, 6) is 1.02. The molecule has 0 spiro atoms. The summed E-state index contributed by atoms with van der Waals surface area (Å²) in [5.41, 5.74) is 2.02. The molecule has 0 unspecified atom stereocenters. The predicted octanol–water partition coefficient (Wildman–Crippen LogP) is 3.25. The highest BCUT2D eigenvalue weighted by atomic mass is 35.5. The first-order valence-electron chi connectivity index (χ1n) is 7.63. The van der Waals surface area contributed by atoms with E-state index in [1.165, 1.54) is 0 Å². The van der Waals surface area contributed by atoms with Crippen LogP contribution in [-0.4, -0.2) is 41.5 Å². The summed E-state index contributed by atoms with van der Waals surface area (Å²) < 4.78 is 0. The van der Waals surface area contributed by atoms with Crippen LogP contribution in [0.3, 0.4) is 0 Å². The first kappa shape index (κ1) is 15.1. The molecule has 1 saturated heterocycles. The Kier molecular flexibility index (Phi) is 3.96. The SMILES string of the molecule is CCN1CCN(c2cc(C)c3ccc(Cl)cc3n2)[C@@H](C)C1=O. The number of nitrogens with zero attached hydrogens (tertiary/aromatic N) is 3. The number of hydrogen-bond donors (Lipinski definition) is 0. The lowest BCUT2D eigenvalue weighted by atomic mass is 10.1. The lowest BCUT2D eigenvalue weighted by Gasteiger charge is -2.39. The van der Waals surface area contributed by atoms with Crippen molar-refractivity contribution in [1.29, 1.82) is 0 Å². The van der Waals surface area contributed by atoms with E-state index in [1.54, 1.807) is 0 Å². The van der Waals surface area contributed by atoms with E-state index in [-0.39, 0.29) is 11.9 Å². The van der Waals surface area contributed by atoms with Crippen LogP contribution in [0.2, 0.25) is 5.02 Å². The predicted molar refractivity (Wildman–Crippen MR) is 90.6 cm³/mol. The molecule has 0 bridgehead atoms. The van der Waals surface area contributed by atoms with E-state index in [9.17, 15) is 4.79 Å². The number of pyridine rings is 1. The molecule has 116 valence electrons. The largest absolute Gasteiger partial charge is 0.343 e. The highest BCUT2D eigenvalue weighted by Gasteiger charge is 2.31. The van der Waals surface area contributed by atoms with Gasteiger partial charge in [0.2, 0.25) is 5.91 Å². The minimum absolute atomic E-state index is 0.166. The van der Waals surface area contributed by atoms with E-state index in [2.05, 4.69) is 17.9 Å². The second kappa shape index (κ2) is 5.76. The second-order valence-corrected chi connectivity index (χ2v) is 6.18. The van der Waals surface area contributed by atoms with Crippen molar-refractivity contribution in [3.05, 3.63) is 34.9 Å². The van der Waals surface area contributed by atoms with Gasteiger partial charge < -0.3 is 9.80 Å². The lowest BCUT2D eigenvalue weighted by Crippen LogP contribution is -2.56. The summed E-state index contributed by atoms with van der Waals surface area (Å²) in [6.07, 6.45) is 0. The third-order valence-corrected chi connectivity index (χ3v) is 4.62. The second-order valence-electron chi connectivity index (χ2n) is 5.75. The summed E-state index contributed by atoms with van der Waals surface area (Å²) >= 11 is 6.08. The third-order valence-electron chi connectivity index (χ3n) is 4.39. The van der Waals surface area contributed by atoms with Gasteiger partial charge in [-0.1, -0.05) is 17.7 Å². The Morgan fingerprint density at radius 1 is 1.32 bits per heavy atom. The summed E-state index contributed by atoms with van der Waals surface area (Å²) in [6, 6.07) is 7.62. The Labute approximate surface area is 135 Å². The van der Waals surface area contributed by atoms with Gasteiger partial charge in [0.1, 0.15) is 11.9 Å². The topological polar surface area (TPSA) is 36.4 Å². The zero-order valence-electron chi connectivity index (χ0n) is 13.1. The van der Waals surface area contributed by atoms with Gasteiger partial charge in [-0.25, -0.2) is 4.98 Å². The molecule has 22 heavy (non-hydrogen) atoms. The number of aromatic nitrogens is 1. The molecular formula is C17H20ClN3O. The molecule has 3 rings (SSSR count). The molecule has 1 aromatic heterocycles. The van der Waals surface area contributed by atoms with Gasteiger partial charge in [-0.15, -0.1) is 0 Å². The van der Waals surface area contributed by atoms with Gasteiger partial charge in [-0.3, -0.25) is 4.79 Å². The van der Waals surface area contributed by atoms with Crippen LogP contribution < -0.4 is 4.90 Å². The number of carbonyl (C=O) groups is 1. The molecular weight excluding hydrogens is 298 g/mol. The number of piperazine rings is 1. The third kappa shape index (κ3) is 2.52. The average Bonchev–Trinajstić information content (AvgIpc) is 2.49. The van der Waals surface area contributed by atoms with Gasteiger partial charge in [-0.05, 0) is 44.5 Å². The van der Waals surface area contributed by atoms with Crippen molar-refractivity contribution in [1.82, 2.24) is 9.88 Å². The van der Waals surface area contributed by atoms with Crippen LogP contribution in [0.25, 0.3) is 10.9 Å². The van der Waals surface area contributed by atoms with Gasteiger partial charge in [0, 0.05) is 30.0 Å². The van der Waals surface area contributed by atoms with Crippen LogP contribution in [-0.2, 0) is 4.79 Å². The normalized spacial score (nSPS) is 19.1. The zero-order chi connectivity index (χ0) is 15.9. The van der Waals surface area contributed by atoms with E-state index in [4.69, 9.17) is 16.6 Å². The zero-order valence-corrected chi connectivity index (χ0v) is 13.9. The summed E-state index contributed by atoms with van der Waals surface area (Å²) in [7, 11) is 0. The molecule has 0 aliphatic carbocycles. The van der Waals surface area contributed by atoms with Gasteiger partial charge in [-0.2, -0.15) is 0 Å². The van der Waals surface area contributed by atoms with Crippen LogP contribution in [0.15, 0.2) is 24.3 Å². The summed E-state index contributed by atoms with van der Waals surface area (Å²) in [6.45, 7) is 8.34. The molecule has 5 heteroatoms. The number of carbonyl (C=O) groups excluding carboxylic acids is 1. The minimum Gasteiger partial charge on any atom is -0.343 e. The molecule has 1 fully saturated rings. The number of halogens is 1. The quantitative estimate of drug-likeness (QED) is 0.853. The molecule has 1 atom stereocenters. The van der Waals surface area contributed by atoms with Crippen LogP contribution in [0.5, 0.6) is 0 Å². The Hall–Kier alpha value is -1.81. The van der Waals surface area contributed by atoms with Crippen LogP contribution in [0, 0.1) is 6.92 Å². The van der Waals surface area contributed by atoms with Gasteiger partial charge in [0.15, 0.2) is 0 Å². The first-order chi connectivity index (χ1) is 10.5. The van der Waals surface area contributed by atoms with E-state index >= 15 is 0 Å². The molecule has 2 aromatic rings. The van der Waals surface area contributed by atoms with E-state index in [0.29, 0.717) is 5.02 Å². The minimum atomic E-state index is -0.183. The van der Waals surface area contributed by atoms with Crippen LogP contribution in [0.1, 0.15) is 19.4 Å². The van der Waals surface area contributed by atoms with Crippen molar-refractivity contribution in [3.63, 3.8) is 0 Å². The fraction of sp³-hybridized carbons (Fsp3) is 0.412. The fourth-order valence-electron chi connectivity index (χ4n) is 3.06. The molecule has 1 aliphatic heterocycles. The number of aryl methyl sites for hydroxylation is 1. The Morgan fingerprint density at radius 3 is 2.82 bits per heavy atom. The summed E-state index contributed by atoms with van der Waals surface area (Å²) in [4.78, 5) is 21.1. The number of fused-ring (bicyclic) bond motifs is 1. The smallest absolute Gasteiger partial charge is 0.245 e. The molecule has 2 heterocycles. The number of anilines is 1. The number of hydrogen-bond acceptors (Lipinski definition) is 3. The Bertz CT molecular complexity index is 731. The molecule has 4 nitrogen and oxygen atoms in total. The van der Waals surface area contributed by atoms with Crippen molar-refractivity contribution >= 4 is 34.2 Å². The van der Waals surface area contributed by atoms with Crippen LogP contribution >= 0.6 is 11.6 Å². The number of rotatable bonds is 2. The fourth-order valence-corrected chi connectivity index (χ4v) is 3.23. The standard InChI is InChI=1S/C17H20ClN3O/c1-4-20-7-8-21(12(3)17(20)22)16-9-11(2)14-6-5-13(18)10-15(14)19-16/h5-6,9-10,12H,4,7-8H2,1-3H3/t12-/m0/s1. The molecule has 0 N–H and O–H groups in total. The lowest BCUT2D eigenvalue weighted by molar-refractivity contribution is -0.133. The maximum absolute atomic E-state index is 12.4. The average molecular weight is 318 g/mol. The highest BCUT2D eigenvalue weighted by Crippen LogP contribution is 2.27. The Morgan fingerprint density at radius 2 is 2.09 bits per heavy atom. The maximum atomic E-state index is 12.4. The van der Waals surface area contributed by atoms with Crippen molar-refractivity contribution in [2.75, 3.05) is 24.5 Å². The van der Waals surface area contributed by atoms with Crippen molar-refractivity contribution in [2.24, 2.45) is 0 Å².